The van der Waals surface area contributed by atoms with E-state index in [1.807, 2.05) is 42.2 Å². The summed E-state index contributed by atoms with van der Waals surface area (Å²) in [5.41, 5.74) is 4.38. The van der Waals surface area contributed by atoms with Crippen LogP contribution < -0.4 is 10.1 Å². The molecule has 1 aliphatic heterocycles. The molecular weight excluding hydrogens is 632 g/mol. The molecule has 11 nitrogen and oxygen atoms in total. The maximum atomic E-state index is 14.5. The molecule has 260 valence electrons. The van der Waals surface area contributed by atoms with E-state index in [1.165, 1.54) is 0 Å². The second-order valence-electron chi connectivity index (χ2n) is 12.5. The van der Waals surface area contributed by atoms with Gasteiger partial charge in [0.25, 0.3) is 17.7 Å². The lowest BCUT2D eigenvalue weighted by Crippen LogP contribution is -2.46. The Balaban J connectivity index is 1.48. The summed E-state index contributed by atoms with van der Waals surface area (Å²) in [4.78, 5) is 44.7. The third-order valence-corrected chi connectivity index (χ3v) is 8.89. The Hall–Kier alpha value is -5.47. The number of hydrogen-bond acceptors (Lipinski definition) is 7. The van der Waals surface area contributed by atoms with Crippen molar-refractivity contribution in [2.45, 2.75) is 65.5 Å². The van der Waals surface area contributed by atoms with Gasteiger partial charge < -0.3 is 25.0 Å². The molecule has 0 saturated carbocycles. The first-order valence-electron chi connectivity index (χ1n) is 17.2. The van der Waals surface area contributed by atoms with Gasteiger partial charge in [-0.1, -0.05) is 63.1 Å². The molecule has 0 spiro atoms. The van der Waals surface area contributed by atoms with E-state index in [0.717, 1.165) is 36.8 Å². The van der Waals surface area contributed by atoms with Crippen LogP contribution in [0.25, 0.3) is 5.69 Å². The van der Waals surface area contributed by atoms with Crippen molar-refractivity contribution in [2.24, 2.45) is 0 Å². The summed E-state index contributed by atoms with van der Waals surface area (Å²) in [7, 11) is 0. The lowest BCUT2D eigenvalue weighted by molar-refractivity contribution is -0.118. The fourth-order valence-corrected chi connectivity index (χ4v) is 6.14. The Morgan fingerprint density at radius 1 is 1.00 bits per heavy atom. The second-order valence-corrected chi connectivity index (χ2v) is 12.5. The molecule has 2 heterocycles. The predicted molar refractivity (Wildman–Crippen MR) is 190 cm³/mol. The van der Waals surface area contributed by atoms with Crippen molar-refractivity contribution in [3.05, 3.63) is 106 Å². The highest BCUT2D eigenvalue weighted by Gasteiger charge is 2.32. The summed E-state index contributed by atoms with van der Waals surface area (Å²) in [6, 6.07) is 22.8. The predicted octanol–water partition coefficient (Wildman–Crippen LogP) is 5.67. The number of aliphatic hydroxyl groups excluding tert-OH is 1. The first kappa shape index (κ1) is 35.8. The van der Waals surface area contributed by atoms with E-state index in [4.69, 9.17) is 9.84 Å². The first-order valence-corrected chi connectivity index (χ1v) is 17.2. The molecule has 0 aliphatic carbocycles. The van der Waals surface area contributed by atoms with Gasteiger partial charge in [0, 0.05) is 31.0 Å². The number of nitriles is 1. The van der Waals surface area contributed by atoms with E-state index in [2.05, 4.69) is 19.2 Å². The molecule has 2 N–H and O–H groups in total. The van der Waals surface area contributed by atoms with Crippen molar-refractivity contribution in [1.29, 1.82) is 5.26 Å². The topological polar surface area (TPSA) is 141 Å². The van der Waals surface area contributed by atoms with Gasteiger partial charge in [0.1, 0.15) is 11.8 Å². The summed E-state index contributed by atoms with van der Waals surface area (Å²) in [6.07, 6.45) is 4.21. The van der Waals surface area contributed by atoms with Crippen molar-refractivity contribution in [1.82, 2.24) is 19.6 Å². The zero-order valence-electron chi connectivity index (χ0n) is 28.9. The summed E-state index contributed by atoms with van der Waals surface area (Å²) < 4.78 is 7.21. The fourth-order valence-electron chi connectivity index (χ4n) is 6.14. The molecule has 0 bridgehead atoms. The molecule has 0 fully saturated rings. The Morgan fingerprint density at radius 3 is 2.40 bits per heavy atom. The number of benzene rings is 3. The van der Waals surface area contributed by atoms with Gasteiger partial charge in [0.15, 0.2) is 12.3 Å². The molecule has 1 aromatic heterocycles. The molecular formula is C39H44N6O5. The molecule has 50 heavy (non-hydrogen) atoms. The molecule has 1 unspecified atom stereocenters. The molecule has 4 aromatic rings. The van der Waals surface area contributed by atoms with Crippen LogP contribution >= 0.6 is 0 Å². The zero-order valence-corrected chi connectivity index (χ0v) is 28.9. The third-order valence-electron chi connectivity index (χ3n) is 8.89. The van der Waals surface area contributed by atoms with E-state index >= 15 is 0 Å². The van der Waals surface area contributed by atoms with E-state index in [1.54, 1.807) is 58.1 Å². The van der Waals surface area contributed by atoms with Crippen LogP contribution in [0, 0.1) is 18.3 Å². The Kier molecular flexibility index (Phi) is 12.0. The molecule has 11 heteroatoms. The average Bonchev–Trinajstić information content (AvgIpc) is 3.53. The van der Waals surface area contributed by atoms with Crippen LogP contribution in [-0.2, 0) is 17.8 Å². The van der Waals surface area contributed by atoms with E-state index in [0.29, 0.717) is 60.1 Å². The summed E-state index contributed by atoms with van der Waals surface area (Å²) >= 11 is 0. The van der Waals surface area contributed by atoms with Gasteiger partial charge in [-0.05, 0) is 73.7 Å². The van der Waals surface area contributed by atoms with Crippen molar-refractivity contribution in [2.75, 3.05) is 31.6 Å². The molecule has 3 amide bonds. The van der Waals surface area contributed by atoms with E-state index in [9.17, 15) is 24.8 Å². The normalized spacial score (nSPS) is 13.7. The van der Waals surface area contributed by atoms with Crippen molar-refractivity contribution < 1.29 is 24.2 Å². The Labute approximate surface area is 293 Å². The van der Waals surface area contributed by atoms with Crippen molar-refractivity contribution in [3.63, 3.8) is 0 Å². The largest absolute Gasteiger partial charge is 0.482 e. The molecule has 0 saturated heterocycles. The van der Waals surface area contributed by atoms with Gasteiger partial charge in [0.2, 0.25) is 0 Å². The number of anilines is 1. The van der Waals surface area contributed by atoms with Crippen LogP contribution in [0.2, 0.25) is 0 Å². The van der Waals surface area contributed by atoms with Crippen LogP contribution in [0.5, 0.6) is 5.75 Å². The van der Waals surface area contributed by atoms with Crippen LogP contribution in [0.1, 0.15) is 82.8 Å². The number of para-hydroxylation sites is 1. The van der Waals surface area contributed by atoms with Gasteiger partial charge in [-0.2, -0.15) is 10.4 Å². The standard InChI is InChI=1S/C39H44N6O5/c1-4-6-18-43(19-7-5-2)39(49)34-20-27(3)45(42-34)35-17-16-31(41-37(47)26-50-36-15-11-10-13-29(36)23-40)22-33(35)38(48)44-24-30-14-9-8-12-28(30)21-32(44)25-46/h8-17,20,22,32,46H,4-7,18-19,21,24-26H2,1-3H3,(H,41,47). The number of hydrogen-bond donors (Lipinski definition) is 2. The minimum absolute atomic E-state index is 0.156. The third kappa shape index (κ3) is 8.21. The number of amides is 3. The monoisotopic (exact) mass is 676 g/mol. The number of nitrogens with one attached hydrogen (secondary N) is 1. The Morgan fingerprint density at radius 2 is 1.70 bits per heavy atom. The Bertz CT molecular complexity index is 1870. The van der Waals surface area contributed by atoms with Crippen LogP contribution in [0.3, 0.4) is 0 Å². The van der Waals surface area contributed by atoms with Gasteiger partial charge in [-0.3, -0.25) is 14.4 Å². The van der Waals surface area contributed by atoms with Gasteiger partial charge in [-0.15, -0.1) is 0 Å². The minimum Gasteiger partial charge on any atom is -0.482 e. The van der Waals surface area contributed by atoms with Crippen LogP contribution in [0.15, 0.2) is 72.8 Å². The number of unbranched alkanes of at least 4 members (excludes halogenated alkanes) is 2. The lowest BCUT2D eigenvalue weighted by Gasteiger charge is -2.36. The highest BCUT2D eigenvalue weighted by atomic mass is 16.5. The highest BCUT2D eigenvalue weighted by Crippen LogP contribution is 2.29. The number of rotatable bonds is 14. The van der Waals surface area contributed by atoms with Crippen molar-refractivity contribution >= 4 is 23.4 Å². The fraction of sp³-hybridized carbons (Fsp3) is 0.359. The van der Waals surface area contributed by atoms with Crippen LogP contribution in [0.4, 0.5) is 5.69 Å². The molecule has 1 aliphatic rings. The zero-order chi connectivity index (χ0) is 35.6. The number of carbonyl (C=O) groups excluding carboxylic acids is 3. The summed E-state index contributed by atoms with van der Waals surface area (Å²) in [5, 5.41) is 27.3. The van der Waals surface area contributed by atoms with Gasteiger partial charge >= 0.3 is 0 Å². The smallest absolute Gasteiger partial charge is 0.274 e. The van der Waals surface area contributed by atoms with Gasteiger partial charge in [0.05, 0.1) is 29.5 Å². The number of carbonyl (C=O) groups is 3. The maximum absolute atomic E-state index is 14.5. The van der Waals surface area contributed by atoms with Gasteiger partial charge in [-0.25, -0.2) is 4.68 Å². The second kappa shape index (κ2) is 16.8. The van der Waals surface area contributed by atoms with E-state index < -0.39 is 11.9 Å². The van der Waals surface area contributed by atoms with E-state index in [-0.39, 0.29) is 30.6 Å². The number of fused-ring (bicyclic) bond motifs is 1. The molecule has 1 atom stereocenters. The number of nitrogens with zero attached hydrogens (tertiary/aromatic N) is 5. The lowest BCUT2D eigenvalue weighted by atomic mass is 9.93. The molecule has 5 rings (SSSR count). The first-order chi connectivity index (χ1) is 24.3. The summed E-state index contributed by atoms with van der Waals surface area (Å²) in [6.45, 7) is 7.03. The van der Waals surface area contributed by atoms with Crippen molar-refractivity contribution in [3.8, 4) is 17.5 Å². The number of aromatic nitrogens is 2. The molecule has 3 aromatic carbocycles. The quantitative estimate of drug-likeness (QED) is 0.175. The number of aryl methyl sites for hydroxylation is 1. The SMILES string of the molecule is CCCCN(CCCC)C(=O)c1cc(C)n(-c2ccc(NC(=O)COc3ccccc3C#N)cc2C(=O)N2Cc3ccccc3CC2CO)n1. The number of ether oxygens (including phenoxy) is 1. The maximum Gasteiger partial charge on any atom is 0.274 e. The average molecular weight is 677 g/mol. The highest BCUT2D eigenvalue weighted by molar-refractivity contribution is 6.01. The summed E-state index contributed by atoms with van der Waals surface area (Å²) in [5.74, 6) is -0.693. The van der Waals surface area contributed by atoms with Crippen LogP contribution in [-0.4, -0.2) is 74.8 Å². The number of aliphatic hydroxyl groups is 1. The minimum atomic E-state index is -0.480. The molecule has 0 radical (unpaired) electrons.